The first-order valence-electron chi connectivity index (χ1n) is 7.17. The summed E-state index contributed by atoms with van der Waals surface area (Å²) in [5.74, 6) is 1.88. The summed E-state index contributed by atoms with van der Waals surface area (Å²) in [5.41, 5.74) is 2.31. The van der Waals surface area contributed by atoms with E-state index in [2.05, 4.69) is 15.3 Å². The molecule has 0 atom stereocenters. The quantitative estimate of drug-likeness (QED) is 0.548. The van der Waals surface area contributed by atoms with Crippen molar-refractivity contribution in [1.29, 1.82) is 0 Å². The van der Waals surface area contributed by atoms with Crippen molar-refractivity contribution < 1.29 is 14.6 Å². The first-order chi connectivity index (χ1) is 11.5. The van der Waals surface area contributed by atoms with Gasteiger partial charge in [-0.05, 0) is 48.4 Å². The molecule has 0 saturated carbocycles. The van der Waals surface area contributed by atoms with Crippen LogP contribution in [0.4, 0.5) is 11.5 Å². The van der Waals surface area contributed by atoms with Crippen LogP contribution in [0.3, 0.4) is 0 Å². The molecule has 0 spiro atoms. The van der Waals surface area contributed by atoms with E-state index in [-0.39, 0.29) is 11.0 Å². The molecule has 0 aliphatic heterocycles. The van der Waals surface area contributed by atoms with E-state index >= 15 is 0 Å². The molecule has 0 bridgehead atoms. The van der Waals surface area contributed by atoms with Crippen LogP contribution in [0.15, 0.2) is 30.3 Å². The third-order valence-corrected chi connectivity index (χ3v) is 3.81. The van der Waals surface area contributed by atoms with Gasteiger partial charge in [0.2, 0.25) is 5.28 Å². The molecular weight excluding hydrogens is 330 g/mol. The zero-order chi connectivity index (χ0) is 17.3. The molecule has 7 heteroatoms. The lowest BCUT2D eigenvalue weighted by molar-refractivity contribution is 0.356. The molecule has 0 unspecified atom stereocenters. The molecule has 0 aliphatic carbocycles. The number of aromatic hydroxyl groups is 1. The molecule has 1 heterocycles. The Hall–Kier alpha value is -2.73. The molecule has 2 aromatic carbocycles. The number of nitrogens with one attached hydrogen (secondary N) is 1. The van der Waals surface area contributed by atoms with Crippen molar-refractivity contribution in [2.24, 2.45) is 0 Å². The minimum Gasteiger partial charge on any atom is -0.508 e. The lowest BCUT2D eigenvalue weighted by atomic mass is 10.1. The van der Waals surface area contributed by atoms with Gasteiger partial charge >= 0.3 is 0 Å². The number of hydrogen-bond acceptors (Lipinski definition) is 6. The summed E-state index contributed by atoms with van der Waals surface area (Å²) in [6, 6.07) is 8.58. The number of phenolic OH excluding ortho intramolecular Hbond substituents is 1. The predicted molar refractivity (Wildman–Crippen MR) is 93.8 cm³/mol. The fourth-order valence-corrected chi connectivity index (χ4v) is 2.61. The van der Waals surface area contributed by atoms with Gasteiger partial charge < -0.3 is 19.9 Å². The van der Waals surface area contributed by atoms with E-state index in [0.717, 1.165) is 16.6 Å². The van der Waals surface area contributed by atoms with Gasteiger partial charge in [-0.15, -0.1) is 0 Å². The van der Waals surface area contributed by atoms with E-state index < -0.39 is 0 Å². The van der Waals surface area contributed by atoms with Crippen LogP contribution in [0.2, 0.25) is 5.28 Å². The van der Waals surface area contributed by atoms with Crippen molar-refractivity contribution in [1.82, 2.24) is 9.97 Å². The second-order valence-electron chi connectivity index (χ2n) is 5.19. The number of aromatic nitrogens is 2. The standard InChI is InChI=1S/C17H16ClN3O3/c1-9-6-10(22)4-5-12(9)19-16-11-7-14(23-2)15(24-3)8-13(11)20-17(18)21-16/h4-8,22H,1-3H3,(H,19,20,21). The van der Waals surface area contributed by atoms with E-state index in [4.69, 9.17) is 21.1 Å². The molecule has 6 nitrogen and oxygen atoms in total. The molecule has 0 saturated heterocycles. The Labute approximate surface area is 144 Å². The number of rotatable bonds is 4. The molecule has 24 heavy (non-hydrogen) atoms. The van der Waals surface area contributed by atoms with Crippen LogP contribution in [0.1, 0.15) is 5.56 Å². The average molecular weight is 346 g/mol. The van der Waals surface area contributed by atoms with E-state index in [1.165, 1.54) is 0 Å². The molecule has 0 amide bonds. The Balaban J connectivity index is 2.15. The van der Waals surface area contributed by atoms with E-state index in [1.54, 1.807) is 44.6 Å². The van der Waals surface area contributed by atoms with Crippen LogP contribution in [-0.2, 0) is 0 Å². The van der Waals surface area contributed by atoms with E-state index in [1.807, 2.05) is 6.92 Å². The summed E-state index contributed by atoms with van der Waals surface area (Å²) in [6.07, 6.45) is 0. The van der Waals surface area contributed by atoms with Gasteiger partial charge in [-0.3, -0.25) is 0 Å². The van der Waals surface area contributed by atoms with Crippen molar-refractivity contribution in [2.75, 3.05) is 19.5 Å². The highest BCUT2D eigenvalue weighted by molar-refractivity contribution is 6.28. The highest BCUT2D eigenvalue weighted by atomic mass is 35.5. The Kier molecular flexibility index (Phi) is 4.31. The van der Waals surface area contributed by atoms with Gasteiger partial charge in [-0.25, -0.2) is 4.98 Å². The van der Waals surface area contributed by atoms with Crippen molar-refractivity contribution in [3.05, 3.63) is 41.2 Å². The molecular formula is C17H16ClN3O3. The molecule has 124 valence electrons. The zero-order valence-electron chi connectivity index (χ0n) is 13.4. The van der Waals surface area contributed by atoms with Crippen LogP contribution < -0.4 is 14.8 Å². The normalized spacial score (nSPS) is 10.7. The summed E-state index contributed by atoms with van der Waals surface area (Å²) in [4.78, 5) is 8.51. The number of nitrogens with zero attached hydrogens (tertiary/aromatic N) is 2. The number of benzene rings is 2. The van der Waals surface area contributed by atoms with Gasteiger partial charge in [-0.1, -0.05) is 0 Å². The highest BCUT2D eigenvalue weighted by Crippen LogP contribution is 2.36. The minimum atomic E-state index is 0.119. The van der Waals surface area contributed by atoms with Gasteiger partial charge in [0, 0.05) is 17.1 Å². The molecule has 2 N–H and O–H groups in total. The predicted octanol–water partition coefficient (Wildman–Crippen LogP) is 4.06. The smallest absolute Gasteiger partial charge is 0.224 e. The Morgan fingerprint density at radius 1 is 1.04 bits per heavy atom. The first-order valence-corrected chi connectivity index (χ1v) is 7.55. The number of halogens is 1. The van der Waals surface area contributed by atoms with Gasteiger partial charge in [0.25, 0.3) is 0 Å². The Morgan fingerprint density at radius 2 is 1.75 bits per heavy atom. The lowest BCUT2D eigenvalue weighted by Crippen LogP contribution is -2.00. The van der Waals surface area contributed by atoms with Crippen molar-refractivity contribution >= 4 is 34.0 Å². The number of hydrogen-bond donors (Lipinski definition) is 2. The van der Waals surface area contributed by atoms with Crippen LogP contribution in [0, 0.1) is 6.92 Å². The first kappa shape index (κ1) is 16.1. The largest absolute Gasteiger partial charge is 0.508 e. The lowest BCUT2D eigenvalue weighted by Gasteiger charge is -2.14. The number of anilines is 2. The number of methoxy groups -OCH3 is 2. The molecule has 1 aromatic heterocycles. The molecule has 3 rings (SSSR count). The molecule has 0 aliphatic rings. The van der Waals surface area contributed by atoms with Gasteiger partial charge in [-0.2, -0.15) is 4.98 Å². The number of aryl methyl sites for hydroxylation is 1. The number of ether oxygens (including phenoxy) is 2. The average Bonchev–Trinajstić information content (AvgIpc) is 2.56. The SMILES string of the molecule is COc1cc2nc(Cl)nc(Nc3ccc(O)cc3C)c2cc1OC. The number of fused-ring (bicyclic) bond motifs is 1. The van der Waals surface area contributed by atoms with Gasteiger partial charge in [0.05, 0.1) is 19.7 Å². The topological polar surface area (TPSA) is 76.5 Å². The third kappa shape index (κ3) is 3.00. The molecule has 0 radical (unpaired) electrons. The monoisotopic (exact) mass is 345 g/mol. The van der Waals surface area contributed by atoms with Crippen LogP contribution in [0.25, 0.3) is 10.9 Å². The van der Waals surface area contributed by atoms with E-state index in [0.29, 0.717) is 22.8 Å². The maximum absolute atomic E-state index is 9.54. The van der Waals surface area contributed by atoms with Gasteiger partial charge in [0.15, 0.2) is 11.5 Å². The van der Waals surface area contributed by atoms with Gasteiger partial charge in [0.1, 0.15) is 11.6 Å². The summed E-state index contributed by atoms with van der Waals surface area (Å²) >= 11 is 6.05. The summed E-state index contributed by atoms with van der Waals surface area (Å²) < 4.78 is 10.6. The summed E-state index contributed by atoms with van der Waals surface area (Å²) in [6.45, 7) is 1.89. The fraction of sp³-hybridized carbons (Fsp3) is 0.176. The maximum Gasteiger partial charge on any atom is 0.224 e. The summed E-state index contributed by atoms with van der Waals surface area (Å²) in [5, 5.41) is 13.6. The van der Waals surface area contributed by atoms with E-state index in [9.17, 15) is 5.11 Å². The maximum atomic E-state index is 9.54. The van der Waals surface area contributed by atoms with Crippen molar-refractivity contribution in [3.63, 3.8) is 0 Å². The Morgan fingerprint density at radius 3 is 2.42 bits per heavy atom. The van der Waals surface area contributed by atoms with Crippen LogP contribution in [-0.4, -0.2) is 29.3 Å². The van der Waals surface area contributed by atoms with Crippen LogP contribution >= 0.6 is 11.6 Å². The summed E-state index contributed by atoms with van der Waals surface area (Å²) in [7, 11) is 3.13. The minimum absolute atomic E-state index is 0.119. The second-order valence-corrected chi connectivity index (χ2v) is 5.53. The Bertz CT molecular complexity index is 915. The third-order valence-electron chi connectivity index (χ3n) is 3.64. The zero-order valence-corrected chi connectivity index (χ0v) is 14.2. The number of phenols is 1. The van der Waals surface area contributed by atoms with Crippen molar-refractivity contribution in [2.45, 2.75) is 6.92 Å². The molecule has 0 fully saturated rings. The van der Waals surface area contributed by atoms with Crippen molar-refractivity contribution in [3.8, 4) is 17.2 Å². The second kappa shape index (κ2) is 6.41. The van der Waals surface area contributed by atoms with Crippen LogP contribution in [0.5, 0.6) is 17.2 Å². The highest BCUT2D eigenvalue weighted by Gasteiger charge is 2.13. The fourth-order valence-electron chi connectivity index (χ4n) is 2.44. The molecule has 3 aromatic rings.